The van der Waals surface area contributed by atoms with Crippen LogP contribution in [0, 0.1) is 6.92 Å². The number of pyridine rings is 1. The fourth-order valence-corrected chi connectivity index (χ4v) is 4.16. The van der Waals surface area contributed by atoms with Crippen molar-refractivity contribution in [2.45, 2.75) is 26.8 Å². The zero-order valence-electron chi connectivity index (χ0n) is 18.5. The molecule has 31 heavy (non-hydrogen) atoms. The van der Waals surface area contributed by atoms with E-state index in [1.54, 1.807) is 0 Å². The van der Waals surface area contributed by atoms with E-state index in [0.29, 0.717) is 5.95 Å². The lowest BCUT2D eigenvalue weighted by Crippen LogP contribution is -2.44. The Balaban J connectivity index is 1.45. The first kappa shape index (κ1) is 19.7. The van der Waals surface area contributed by atoms with Crippen LogP contribution < -0.4 is 10.2 Å². The van der Waals surface area contributed by atoms with E-state index < -0.39 is 0 Å². The molecule has 4 heterocycles. The highest BCUT2D eigenvalue weighted by atomic mass is 15.3. The average molecular weight is 417 g/mol. The third-order valence-corrected chi connectivity index (χ3v) is 5.98. The maximum atomic E-state index is 4.84. The molecule has 0 unspecified atom stereocenters. The van der Waals surface area contributed by atoms with E-state index in [1.165, 1.54) is 5.56 Å². The molecule has 0 saturated carbocycles. The molecule has 5 rings (SSSR count). The van der Waals surface area contributed by atoms with Crippen LogP contribution >= 0.6 is 0 Å². The van der Waals surface area contributed by atoms with Crippen molar-refractivity contribution in [3.05, 3.63) is 42.4 Å². The van der Waals surface area contributed by atoms with E-state index in [4.69, 9.17) is 4.98 Å². The largest absolute Gasteiger partial charge is 0.368 e. The lowest BCUT2D eigenvalue weighted by molar-refractivity contribution is 0.313. The second kappa shape index (κ2) is 7.77. The number of piperazine rings is 1. The Hall–Kier alpha value is -3.26. The Labute approximate surface area is 181 Å². The summed E-state index contributed by atoms with van der Waals surface area (Å²) >= 11 is 0. The summed E-state index contributed by atoms with van der Waals surface area (Å²) in [5.41, 5.74) is 4.28. The Morgan fingerprint density at radius 3 is 2.52 bits per heavy atom. The summed E-state index contributed by atoms with van der Waals surface area (Å²) in [5.74, 6) is 1.27. The minimum Gasteiger partial charge on any atom is -0.368 e. The summed E-state index contributed by atoms with van der Waals surface area (Å²) in [5, 5.41) is 9.99. The van der Waals surface area contributed by atoms with Crippen molar-refractivity contribution in [1.29, 1.82) is 0 Å². The summed E-state index contributed by atoms with van der Waals surface area (Å²) in [4.78, 5) is 18.7. The van der Waals surface area contributed by atoms with Gasteiger partial charge in [-0.3, -0.25) is 4.68 Å². The fourth-order valence-electron chi connectivity index (χ4n) is 4.16. The second-order valence-electron chi connectivity index (χ2n) is 8.59. The van der Waals surface area contributed by atoms with Gasteiger partial charge in [0, 0.05) is 49.2 Å². The molecule has 0 radical (unpaired) electrons. The molecule has 1 aliphatic rings. The molecule has 1 N–H and O–H groups in total. The minimum absolute atomic E-state index is 0.248. The minimum atomic E-state index is 0.248. The van der Waals surface area contributed by atoms with Crippen molar-refractivity contribution in [2.75, 3.05) is 43.4 Å². The molecule has 0 bridgehead atoms. The number of nitrogens with one attached hydrogen (secondary N) is 1. The molecule has 160 valence electrons. The van der Waals surface area contributed by atoms with Crippen molar-refractivity contribution < 1.29 is 0 Å². The Morgan fingerprint density at radius 1 is 1.00 bits per heavy atom. The van der Waals surface area contributed by atoms with Crippen LogP contribution in [0.25, 0.3) is 21.8 Å². The standard InChI is InChI=1S/C23H28N8/c1-15(2)31-22-19(14-26-31)16(3)11-17-12-25-23(28-21(17)22)27-20-6-5-18(13-24-20)30-9-7-29(4)8-10-30/h5-6,11-15H,7-10H2,1-4H3,(H,24,25,27,28). The van der Waals surface area contributed by atoms with Gasteiger partial charge in [0.15, 0.2) is 0 Å². The van der Waals surface area contributed by atoms with Crippen molar-refractivity contribution in [2.24, 2.45) is 0 Å². The van der Waals surface area contributed by atoms with E-state index in [0.717, 1.165) is 59.5 Å². The number of aromatic nitrogens is 5. The van der Waals surface area contributed by atoms with Gasteiger partial charge in [-0.2, -0.15) is 5.10 Å². The molecular formula is C23H28N8. The summed E-state index contributed by atoms with van der Waals surface area (Å²) in [6.45, 7) is 10.6. The van der Waals surface area contributed by atoms with Crippen molar-refractivity contribution >= 4 is 39.3 Å². The number of rotatable bonds is 4. The lowest BCUT2D eigenvalue weighted by Gasteiger charge is -2.33. The summed E-state index contributed by atoms with van der Waals surface area (Å²) in [7, 11) is 2.16. The maximum absolute atomic E-state index is 4.84. The molecule has 8 nitrogen and oxygen atoms in total. The third kappa shape index (κ3) is 3.67. The van der Waals surface area contributed by atoms with Crippen LogP contribution in [0.1, 0.15) is 25.5 Å². The Kier molecular flexibility index (Phi) is 4.94. The van der Waals surface area contributed by atoms with Gasteiger partial charge in [0.2, 0.25) is 5.95 Å². The number of benzene rings is 1. The van der Waals surface area contributed by atoms with E-state index in [-0.39, 0.29) is 6.04 Å². The molecule has 8 heteroatoms. The van der Waals surface area contributed by atoms with Crippen LogP contribution in [-0.2, 0) is 0 Å². The zero-order valence-corrected chi connectivity index (χ0v) is 18.5. The summed E-state index contributed by atoms with van der Waals surface area (Å²) in [6.07, 6.45) is 5.72. The highest BCUT2D eigenvalue weighted by molar-refractivity contribution is 6.04. The highest BCUT2D eigenvalue weighted by Gasteiger charge is 2.16. The van der Waals surface area contributed by atoms with Gasteiger partial charge in [-0.15, -0.1) is 0 Å². The predicted octanol–water partition coefficient (Wildman–Crippen LogP) is 3.76. The molecule has 0 aliphatic carbocycles. The normalized spacial score (nSPS) is 15.3. The van der Waals surface area contributed by atoms with E-state index in [2.05, 4.69) is 70.1 Å². The van der Waals surface area contributed by atoms with Gasteiger partial charge in [0.05, 0.1) is 23.6 Å². The van der Waals surface area contributed by atoms with E-state index in [1.807, 2.05) is 29.3 Å². The van der Waals surface area contributed by atoms with Crippen molar-refractivity contribution in [3.63, 3.8) is 0 Å². The monoisotopic (exact) mass is 416 g/mol. The molecular weight excluding hydrogens is 388 g/mol. The third-order valence-electron chi connectivity index (χ3n) is 5.98. The number of aryl methyl sites for hydroxylation is 1. The molecule has 1 aromatic carbocycles. The van der Waals surface area contributed by atoms with Crippen molar-refractivity contribution in [1.82, 2.24) is 29.6 Å². The number of anilines is 3. The van der Waals surface area contributed by atoms with Crippen LogP contribution in [-0.4, -0.2) is 62.9 Å². The molecule has 4 aromatic rings. The van der Waals surface area contributed by atoms with Crippen LogP contribution in [0.5, 0.6) is 0 Å². The molecule has 0 amide bonds. The van der Waals surface area contributed by atoms with E-state index in [9.17, 15) is 0 Å². The van der Waals surface area contributed by atoms with Gasteiger partial charge in [0.25, 0.3) is 0 Å². The molecule has 1 fully saturated rings. The number of hydrogen-bond donors (Lipinski definition) is 1. The predicted molar refractivity (Wildman–Crippen MR) is 125 cm³/mol. The first-order valence-corrected chi connectivity index (χ1v) is 10.8. The van der Waals surface area contributed by atoms with E-state index >= 15 is 0 Å². The molecule has 0 atom stereocenters. The first-order valence-electron chi connectivity index (χ1n) is 10.8. The quantitative estimate of drug-likeness (QED) is 0.543. The van der Waals surface area contributed by atoms with Crippen molar-refractivity contribution in [3.8, 4) is 0 Å². The molecule has 1 saturated heterocycles. The Morgan fingerprint density at radius 2 is 1.81 bits per heavy atom. The fraction of sp³-hybridized carbons (Fsp3) is 0.391. The summed E-state index contributed by atoms with van der Waals surface area (Å²) < 4.78 is 2.03. The Bertz CT molecular complexity index is 1220. The smallest absolute Gasteiger partial charge is 0.228 e. The van der Waals surface area contributed by atoms with Gasteiger partial charge < -0.3 is 15.1 Å². The second-order valence-corrected chi connectivity index (χ2v) is 8.59. The average Bonchev–Trinajstić information content (AvgIpc) is 3.22. The number of likely N-dealkylation sites (N-methyl/N-ethyl adjacent to an activating group) is 1. The molecule has 1 aliphatic heterocycles. The number of hydrogen-bond acceptors (Lipinski definition) is 7. The highest BCUT2D eigenvalue weighted by Crippen LogP contribution is 2.29. The van der Waals surface area contributed by atoms with Gasteiger partial charge in [-0.05, 0) is 51.6 Å². The molecule has 3 aromatic heterocycles. The first-order chi connectivity index (χ1) is 15.0. The lowest BCUT2D eigenvalue weighted by atomic mass is 10.1. The van der Waals surface area contributed by atoms with Crippen LogP contribution in [0.4, 0.5) is 17.5 Å². The SMILES string of the molecule is Cc1cc2cnc(Nc3ccc(N4CCN(C)CC4)cn3)nc2c2c1cnn2C(C)C. The van der Waals surface area contributed by atoms with Gasteiger partial charge in [0.1, 0.15) is 11.3 Å². The number of nitrogens with zero attached hydrogens (tertiary/aromatic N) is 7. The van der Waals surface area contributed by atoms with Crippen LogP contribution in [0.15, 0.2) is 36.8 Å². The van der Waals surface area contributed by atoms with Gasteiger partial charge >= 0.3 is 0 Å². The topological polar surface area (TPSA) is 75.0 Å². The van der Waals surface area contributed by atoms with Gasteiger partial charge in [-0.1, -0.05) is 0 Å². The summed E-state index contributed by atoms with van der Waals surface area (Å²) in [6, 6.07) is 6.47. The maximum Gasteiger partial charge on any atom is 0.228 e. The van der Waals surface area contributed by atoms with Gasteiger partial charge in [-0.25, -0.2) is 15.0 Å². The van der Waals surface area contributed by atoms with Crippen LogP contribution in [0.2, 0.25) is 0 Å². The number of fused-ring (bicyclic) bond motifs is 3. The van der Waals surface area contributed by atoms with Crippen LogP contribution in [0.3, 0.4) is 0 Å². The zero-order chi connectivity index (χ0) is 21.5. The molecule has 0 spiro atoms.